The number of hydrogen-bond acceptors (Lipinski definition) is 3. The molecule has 1 amide bonds. The van der Waals surface area contributed by atoms with Crippen molar-refractivity contribution in [1.82, 2.24) is 10.2 Å². The van der Waals surface area contributed by atoms with Crippen molar-refractivity contribution >= 4 is 28.5 Å². The van der Waals surface area contributed by atoms with E-state index in [2.05, 4.69) is 15.5 Å². The number of fused-ring (bicyclic) bond motifs is 1. The van der Waals surface area contributed by atoms with E-state index >= 15 is 0 Å². The lowest BCUT2D eigenvalue weighted by molar-refractivity contribution is -0.139. The van der Waals surface area contributed by atoms with Gasteiger partial charge in [-0.05, 0) is 12.5 Å². The van der Waals surface area contributed by atoms with Crippen LogP contribution in [0, 0.1) is 11.8 Å². The standard InChI is InChI=1S/C12H11N3O3/c16-11(7-4-8(7)12(17)18)14-9-3-1-2-6-5-13-15-10(6)9/h1-3,5,7-8H,4H2,(H,13,15)(H,14,16)(H,17,18)/t7-,8+/m1/s1. The fourth-order valence-corrected chi connectivity index (χ4v) is 2.06. The van der Waals surface area contributed by atoms with Gasteiger partial charge in [0.25, 0.3) is 0 Å². The summed E-state index contributed by atoms with van der Waals surface area (Å²) >= 11 is 0. The molecule has 0 saturated heterocycles. The molecule has 1 aliphatic carbocycles. The molecule has 6 nitrogen and oxygen atoms in total. The molecule has 1 aromatic carbocycles. The second-order valence-corrected chi connectivity index (χ2v) is 4.42. The van der Waals surface area contributed by atoms with Crippen LogP contribution in [0.2, 0.25) is 0 Å². The van der Waals surface area contributed by atoms with Gasteiger partial charge in [-0.1, -0.05) is 12.1 Å². The van der Waals surface area contributed by atoms with Gasteiger partial charge in [0.05, 0.1) is 29.2 Å². The van der Waals surface area contributed by atoms with Crippen molar-refractivity contribution in [2.24, 2.45) is 11.8 Å². The van der Waals surface area contributed by atoms with Gasteiger partial charge in [0.15, 0.2) is 0 Å². The van der Waals surface area contributed by atoms with Crippen molar-refractivity contribution in [3.8, 4) is 0 Å². The number of benzene rings is 1. The summed E-state index contributed by atoms with van der Waals surface area (Å²) < 4.78 is 0. The molecule has 0 aliphatic heterocycles. The molecule has 1 fully saturated rings. The molecule has 1 aromatic heterocycles. The summed E-state index contributed by atoms with van der Waals surface area (Å²) in [5.74, 6) is -2.11. The number of aromatic nitrogens is 2. The number of aliphatic carboxylic acids is 1. The van der Waals surface area contributed by atoms with Crippen molar-refractivity contribution in [2.75, 3.05) is 5.32 Å². The normalized spacial score (nSPS) is 21.8. The van der Waals surface area contributed by atoms with E-state index in [4.69, 9.17) is 5.11 Å². The Bertz CT molecular complexity index is 634. The fraction of sp³-hybridized carbons (Fsp3) is 0.250. The minimum Gasteiger partial charge on any atom is -0.481 e. The number of H-pyrrole nitrogens is 1. The Labute approximate surface area is 102 Å². The van der Waals surface area contributed by atoms with E-state index in [0.29, 0.717) is 12.1 Å². The summed E-state index contributed by atoms with van der Waals surface area (Å²) in [4.78, 5) is 22.6. The van der Waals surface area contributed by atoms with Gasteiger partial charge in [-0.3, -0.25) is 14.7 Å². The molecule has 0 unspecified atom stereocenters. The number of anilines is 1. The third-order valence-electron chi connectivity index (χ3n) is 3.18. The summed E-state index contributed by atoms with van der Waals surface area (Å²) in [6.45, 7) is 0. The van der Waals surface area contributed by atoms with E-state index in [1.807, 2.05) is 12.1 Å². The van der Waals surface area contributed by atoms with Crippen LogP contribution in [0.15, 0.2) is 24.4 Å². The van der Waals surface area contributed by atoms with Crippen LogP contribution in [0.25, 0.3) is 10.9 Å². The van der Waals surface area contributed by atoms with Gasteiger partial charge in [-0.25, -0.2) is 0 Å². The van der Waals surface area contributed by atoms with Gasteiger partial charge in [0.1, 0.15) is 0 Å². The number of nitrogens with one attached hydrogen (secondary N) is 2. The summed E-state index contributed by atoms with van der Waals surface area (Å²) in [5.41, 5.74) is 1.38. The number of amides is 1. The van der Waals surface area contributed by atoms with E-state index in [1.165, 1.54) is 0 Å². The van der Waals surface area contributed by atoms with Crippen molar-refractivity contribution in [2.45, 2.75) is 6.42 Å². The van der Waals surface area contributed by atoms with Crippen LogP contribution in [0.4, 0.5) is 5.69 Å². The SMILES string of the molecule is O=C(O)[C@H]1C[C@H]1C(=O)Nc1cccc2cn[nH]c12. The molecule has 1 saturated carbocycles. The minimum absolute atomic E-state index is 0.246. The molecule has 6 heteroatoms. The highest BCUT2D eigenvalue weighted by atomic mass is 16.4. The average molecular weight is 245 g/mol. The molecular formula is C12H11N3O3. The first-order chi connectivity index (χ1) is 8.66. The third-order valence-corrected chi connectivity index (χ3v) is 3.18. The van der Waals surface area contributed by atoms with Crippen LogP contribution in [0.3, 0.4) is 0 Å². The molecule has 2 aromatic rings. The van der Waals surface area contributed by atoms with Crippen molar-refractivity contribution in [3.63, 3.8) is 0 Å². The van der Waals surface area contributed by atoms with Crippen LogP contribution < -0.4 is 5.32 Å². The Morgan fingerprint density at radius 1 is 1.39 bits per heavy atom. The van der Waals surface area contributed by atoms with Crippen LogP contribution in [0.1, 0.15) is 6.42 Å². The lowest BCUT2D eigenvalue weighted by atomic mass is 10.2. The van der Waals surface area contributed by atoms with Crippen LogP contribution in [-0.4, -0.2) is 27.2 Å². The Hall–Kier alpha value is -2.37. The average Bonchev–Trinajstić information content (AvgIpc) is 3.01. The van der Waals surface area contributed by atoms with Gasteiger partial charge < -0.3 is 10.4 Å². The second kappa shape index (κ2) is 3.83. The van der Waals surface area contributed by atoms with Crippen LogP contribution >= 0.6 is 0 Å². The maximum Gasteiger partial charge on any atom is 0.307 e. The first-order valence-corrected chi connectivity index (χ1v) is 5.62. The minimum atomic E-state index is -0.908. The van der Waals surface area contributed by atoms with Crippen molar-refractivity contribution < 1.29 is 14.7 Å². The number of para-hydroxylation sites is 1. The Morgan fingerprint density at radius 2 is 2.22 bits per heavy atom. The zero-order valence-corrected chi connectivity index (χ0v) is 9.38. The summed E-state index contributed by atoms with van der Waals surface area (Å²) in [6.07, 6.45) is 2.09. The second-order valence-electron chi connectivity index (χ2n) is 4.42. The first-order valence-electron chi connectivity index (χ1n) is 5.62. The maximum absolute atomic E-state index is 11.8. The van der Waals surface area contributed by atoms with E-state index in [-0.39, 0.29) is 5.91 Å². The Balaban J connectivity index is 1.79. The first kappa shape index (κ1) is 10.8. The lowest BCUT2D eigenvalue weighted by Crippen LogP contribution is -2.17. The molecule has 1 aliphatic rings. The zero-order valence-electron chi connectivity index (χ0n) is 9.38. The Morgan fingerprint density at radius 3 is 2.94 bits per heavy atom. The van der Waals surface area contributed by atoms with E-state index in [9.17, 15) is 9.59 Å². The summed E-state index contributed by atoms with van der Waals surface area (Å²) in [7, 11) is 0. The van der Waals surface area contributed by atoms with Gasteiger partial charge >= 0.3 is 5.97 Å². The highest BCUT2D eigenvalue weighted by Crippen LogP contribution is 2.39. The van der Waals surface area contributed by atoms with E-state index in [1.54, 1.807) is 12.3 Å². The molecule has 1 heterocycles. The van der Waals surface area contributed by atoms with Crippen LogP contribution in [0.5, 0.6) is 0 Å². The number of carboxylic acid groups (broad SMARTS) is 1. The quantitative estimate of drug-likeness (QED) is 0.757. The van der Waals surface area contributed by atoms with Gasteiger partial charge in [-0.2, -0.15) is 5.10 Å². The van der Waals surface area contributed by atoms with Gasteiger partial charge in [0.2, 0.25) is 5.91 Å². The highest BCUT2D eigenvalue weighted by Gasteiger charge is 2.48. The molecule has 0 bridgehead atoms. The summed E-state index contributed by atoms with van der Waals surface area (Å²) in [5, 5.41) is 19.1. The van der Waals surface area contributed by atoms with Crippen molar-refractivity contribution in [3.05, 3.63) is 24.4 Å². The highest BCUT2D eigenvalue weighted by molar-refractivity contribution is 6.03. The number of carboxylic acids is 1. The van der Waals surface area contributed by atoms with Crippen molar-refractivity contribution in [1.29, 1.82) is 0 Å². The van der Waals surface area contributed by atoms with Gasteiger partial charge in [-0.15, -0.1) is 0 Å². The Kier molecular flexibility index (Phi) is 2.29. The van der Waals surface area contributed by atoms with Gasteiger partial charge in [0, 0.05) is 5.39 Å². The number of rotatable bonds is 3. The molecule has 0 spiro atoms. The number of hydrogen-bond donors (Lipinski definition) is 3. The fourth-order valence-electron chi connectivity index (χ4n) is 2.06. The number of carbonyl (C=O) groups is 2. The zero-order chi connectivity index (χ0) is 12.7. The van der Waals surface area contributed by atoms with E-state index in [0.717, 1.165) is 10.9 Å². The number of carbonyl (C=O) groups excluding carboxylic acids is 1. The molecule has 3 N–H and O–H groups in total. The molecule has 0 radical (unpaired) electrons. The molecular weight excluding hydrogens is 234 g/mol. The number of nitrogens with zero attached hydrogens (tertiary/aromatic N) is 1. The topological polar surface area (TPSA) is 95.1 Å². The molecule has 2 atom stereocenters. The molecule has 92 valence electrons. The molecule has 3 rings (SSSR count). The predicted molar refractivity (Wildman–Crippen MR) is 64.0 cm³/mol. The maximum atomic E-state index is 11.8. The number of aromatic amines is 1. The smallest absolute Gasteiger partial charge is 0.307 e. The summed E-state index contributed by atoms with van der Waals surface area (Å²) in [6, 6.07) is 5.46. The molecule has 18 heavy (non-hydrogen) atoms. The van der Waals surface area contributed by atoms with E-state index < -0.39 is 17.8 Å². The monoisotopic (exact) mass is 245 g/mol. The third kappa shape index (κ3) is 1.71. The largest absolute Gasteiger partial charge is 0.481 e. The lowest BCUT2D eigenvalue weighted by Gasteiger charge is -2.05. The van der Waals surface area contributed by atoms with Crippen LogP contribution in [-0.2, 0) is 9.59 Å². The predicted octanol–water partition coefficient (Wildman–Crippen LogP) is 1.22.